The van der Waals surface area contributed by atoms with Crippen LogP contribution in [0.5, 0.6) is 0 Å². The van der Waals surface area contributed by atoms with E-state index in [-0.39, 0.29) is 0 Å². The maximum Gasteiger partial charge on any atom is -0.0149 e. The van der Waals surface area contributed by atoms with Gasteiger partial charge in [-0.3, -0.25) is 0 Å². The first kappa shape index (κ1) is 15.3. The maximum atomic E-state index is 3.27. The van der Waals surface area contributed by atoms with E-state index in [1.807, 2.05) is 12.1 Å². The normalized spacial score (nSPS) is 10.7. The van der Waals surface area contributed by atoms with Crippen LogP contribution in [0.1, 0.15) is 76.7 Å². The minimum Gasteiger partial charge on any atom is -0.0654 e. The number of hydrogen-bond donors (Lipinski definition) is 0. The molecule has 0 aliphatic heterocycles. The zero-order valence-corrected chi connectivity index (χ0v) is 12.0. The molecule has 2 radical (unpaired) electrons. The molecule has 1 aromatic rings. The second-order valence-corrected chi connectivity index (χ2v) is 5.25. The van der Waals surface area contributed by atoms with Crippen LogP contribution in [0.25, 0.3) is 0 Å². The summed E-state index contributed by atoms with van der Waals surface area (Å²) in [4.78, 5) is 0. The summed E-state index contributed by atoms with van der Waals surface area (Å²) in [6.45, 7) is 2.28. The average molecular weight is 244 g/mol. The van der Waals surface area contributed by atoms with Crippen molar-refractivity contribution in [1.29, 1.82) is 0 Å². The summed E-state index contributed by atoms with van der Waals surface area (Å²) in [7, 11) is 0. The third-order valence-electron chi connectivity index (χ3n) is 3.51. The van der Waals surface area contributed by atoms with E-state index in [0.29, 0.717) is 0 Å². The van der Waals surface area contributed by atoms with Crippen LogP contribution in [0.2, 0.25) is 0 Å². The lowest BCUT2D eigenvalue weighted by Gasteiger charge is -2.02. The molecule has 0 nitrogen and oxygen atoms in total. The van der Waals surface area contributed by atoms with Crippen LogP contribution in [-0.4, -0.2) is 0 Å². The summed E-state index contributed by atoms with van der Waals surface area (Å²) in [5.74, 6) is 0. The first-order valence-corrected chi connectivity index (χ1v) is 7.80. The van der Waals surface area contributed by atoms with Gasteiger partial charge in [0.2, 0.25) is 0 Å². The summed E-state index contributed by atoms with van der Waals surface area (Å²) >= 11 is 0. The first-order chi connectivity index (χ1) is 8.93. The van der Waals surface area contributed by atoms with E-state index >= 15 is 0 Å². The third-order valence-corrected chi connectivity index (χ3v) is 3.51. The SMILES string of the molecule is CCCCCCCCCCCCc1[c]cc[c]c1. The summed E-state index contributed by atoms with van der Waals surface area (Å²) < 4.78 is 0. The minimum absolute atomic E-state index is 1.17. The van der Waals surface area contributed by atoms with Crippen molar-refractivity contribution >= 4 is 0 Å². The standard InChI is InChI=1S/C18H28/c1-2-3-4-5-6-7-8-9-10-12-15-18-16-13-11-14-17-18/h11,13,17H,2-10,12,15H2,1H3. The first-order valence-electron chi connectivity index (χ1n) is 7.80. The van der Waals surface area contributed by atoms with E-state index in [1.165, 1.54) is 76.2 Å². The summed E-state index contributed by atoms with van der Waals surface area (Å²) in [6.07, 6.45) is 15.2. The predicted octanol–water partition coefficient (Wildman–Crippen LogP) is 5.75. The van der Waals surface area contributed by atoms with Crippen molar-refractivity contribution in [2.24, 2.45) is 0 Å². The molecule has 18 heavy (non-hydrogen) atoms. The highest BCUT2D eigenvalue weighted by Gasteiger charge is 1.94. The number of rotatable bonds is 11. The molecule has 0 spiro atoms. The molecule has 0 aromatic heterocycles. The van der Waals surface area contributed by atoms with Gasteiger partial charge in [0.1, 0.15) is 0 Å². The topological polar surface area (TPSA) is 0 Å². The molecule has 0 fully saturated rings. The van der Waals surface area contributed by atoms with Crippen LogP contribution >= 0.6 is 0 Å². The second-order valence-electron chi connectivity index (χ2n) is 5.25. The highest BCUT2D eigenvalue weighted by atomic mass is 14.0. The molecule has 0 saturated carbocycles. The molecule has 0 aliphatic carbocycles. The molecule has 1 aromatic carbocycles. The Bertz CT molecular complexity index is 263. The van der Waals surface area contributed by atoms with Crippen molar-refractivity contribution in [2.45, 2.75) is 77.6 Å². The fourth-order valence-electron chi connectivity index (χ4n) is 2.33. The van der Waals surface area contributed by atoms with Gasteiger partial charge in [0.15, 0.2) is 0 Å². The van der Waals surface area contributed by atoms with Crippen LogP contribution in [0.4, 0.5) is 0 Å². The molecule has 0 N–H and O–H groups in total. The van der Waals surface area contributed by atoms with Gasteiger partial charge in [-0.15, -0.1) is 0 Å². The van der Waals surface area contributed by atoms with Gasteiger partial charge in [0.25, 0.3) is 0 Å². The molecule has 100 valence electrons. The van der Waals surface area contributed by atoms with E-state index in [4.69, 9.17) is 0 Å². The van der Waals surface area contributed by atoms with E-state index < -0.39 is 0 Å². The molecular weight excluding hydrogens is 216 g/mol. The van der Waals surface area contributed by atoms with Crippen LogP contribution in [0.15, 0.2) is 18.2 Å². The zero-order chi connectivity index (χ0) is 12.9. The van der Waals surface area contributed by atoms with Gasteiger partial charge in [-0.25, -0.2) is 0 Å². The van der Waals surface area contributed by atoms with Gasteiger partial charge < -0.3 is 0 Å². The van der Waals surface area contributed by atoms with Crippen molar-refractivity contribution in [1.82, 2.24) is 0 Å². The highest BCUT2D eigenvalue weighted by molar-refractivity contribution is 5.11. The minimum atomic E-state index is 1.17. The van der Waals surface area contributed by atoms with Gasteiger partial charge in [-0.1, -0.05) is 82.9 Å². The van der Waals surface area contributed by atoms with E-state index in [9.17, 15) is 0 Å². The van der Waals surface area contributed by atoms with Gasteiger partial charge in [-0.2, -0.15) is 0 Å². The van der Waals surface area contributed by atoms with E-state index in [1.54, 1.807) is 0 Å². The van der Waals surface area contributed by atoms with Crippen LogP contribution in [-0.2, 0) is 6.42 Å². The highest BCUT2D eigenvalue weighted by Crippen LogP contribution is 2.12. The van der Waals surface area contributed by atoms with E-state index in [2.05, 4.69) is 25.1 Å². The number of aryl methyl sites for hydroxylation is 1. The Balaban J connectivity index is 1.82. The average Bonchev–Trinajstić information content (AvgIpc) is 2.42. The van der Waals surface area contributed by atoms with Gasteiger partial charge in [0.05, 0.1) is 0 Å². The van der Waals surface area contributed by atoms with Gasteiger partial charge >= 0.3 is 0 Å². The summed E-state index contributed by atoms with van der Waals surface area (Å²) in [6, 6.07) is 12.3. The second kappa shape index (κ2) is 11.3. The lowest BCUT2D eigenvalue weighted by Crippen LogP contribution is -1.86. The van der Waals surface area contributed by atoms with Crippen LogP contribution in [0.3, 0.4) is 0 Å². The molecule has 0 bridgehead atoms. The van der Waals surface area contributed by atoms with Crippen LogP contribution in [0, 0.1) is 12.1 Å². The van der Waals surface area contributed by atoms with Crippen molar-refractivity contribution in [3.8, 4) is 0 Å². The van der Waals surface area contributed by atoms with E-state index in [0.717, 1.165) is 0 Å². The molecule has 0 unspecified atom stereocenters. The number of hydrogen-bond acceptors (Lipinski definition) is 0. The molecule has 1 rings (SSSR count). The van der Waals surface area contributed by atoms with Gasteiger partial charge in [-0.05, 0) is 30.5 Å². The van der Waals surface area contributed by atoms with Crippen molar-refractivity contribution in [2.75, 3.05) is 0 Å². The Hall–Kier alpha value is -0.780. The maximum absolute atomic E-state index is 3.27. The number of benzene rings is 1. The monoisotopic (exact) mass is 244 g/mol. The molecule has 0 heterocycles. The molecule has 0 amide bonds. The summed E-state index contributed by atoms with van der Waals surface area (Å²) in [5, 5.41) is 0. The predicted molar refractivity (Wildman–Crippen MR) is 79.7 cm³/mol. The smallest absolute Gasteiger partial charge is 0.0149 e. The Morgan fingerprint density at radius 3 is 1.94 bits per heavy atom. The fraction of sp³-hybridized carbons (Fsp3) is 0.667. The quantitative estimate of drug-likeness (QED) is 0.435. The summed E-state index contributed by atoms with van der Waals surface area (Å²) in [5.41, 5.74) is 1.32. The largest absolute Gasteiger partial charge is 0.0654 e. The molecular formula is C18H28. The Morgan fingerprint density at radius 1 is 0.778 bits per heavy atom. The Morgan fingerprint density at radius 2 is 1.39 bits per heavy atom. The molecule has 0 aliphatic rings. The number of unbranched alkanes of at least 4 members (excludes halogenated alkanes) is 9. The van der Waals surface area contributed by atoms with Crippen molar-refractivity contribution < 1.29 is 0 Å². The van der Waals surface area contributed by atoms with Crippen molar-refractivity contribution in [3.63, 3.8) is 0 Å². The Labute approximate surface area is 114 Å². The zero-order valence-electron chi connectivity index (χ0n) is 12.0. The lowest BCUT2D eigenvalue weighted by molar-refractivity contribution is 0.556. The lowest BCUT2D eigenvalue weighted by atomic mass is 10.0. The van der Waals surface area contributed by atoms with Crippen LogP contribution < -0.4 is 0 Å². The third kappa shape index (κ3) is 8.33. The molecule has 0 saturated heterocycles. The van der Waals surface area contributed by atoms with Gasteiger partial charge in [0, 0.05) is 0 Å². The Kier molecular flexibility index (Phi) is 9.61. The molecule has 0 atom stereocenters. The fourth-order valence-corrected chi connectivity index (χ4v) is 2.33. The molecule has 0 heteroatoms. The van der Waals surface area contributed by atoms with Crippen molar-refractivity contribution in [3.05, 3.63) is 35.9 Å².